The number of benzene rings is 1. The van der Waals surface area contributed by atoms with Crippen LogP contribution in [0.15, 0.2) is 22.7 Å². The summed E-state index contributed by atoms with van der Waals surface area (Å²) in [6.07, 6.45) is 0. The molecule has 1 aliphatic heterocycles. The zero-order chi connectivity index (χ0) is 12.5. The molecule has 0 saturated carbocycles. The van der Waals surface area contributed by atoms with Gasteiger partial charge in [0.2, 0.25) is 5.60 Å². The first-order valence-electron chi connectivity index (χ1n) is 5.34. The summed E-state index contributed by atoms with van der Waals surface area (Å²) in [5, 5.41) is 10.4. The second kappa shape index (κ2) is 4.76. The highest BCUT2D eigenvalue weighted by Gasteiger charge is 2.43. The van der Waals surface area contributed by atoms with Crippen LogP contribution in [0, 0.1) is 0 Å². The van der Waals surface area contributed by atoms with E-state index in [4.69, 9.17) is 9.47 Å². The lowest BCUT2D eigenvalue weighted by molar-refractivity contribution is -0.176. The number of carbonyl (C=O) groups excluding carboxylic acids is 1. The molecule has 1 aliphatic rings. The lowest BCUT2D eigenvalue weighted by atomic mass is 9.89. The highest BCUT2D eigenvalue weighted by molar-refractivity contribution is 9.10. The lowest BCUT2D eigenvalue weighted by Crippen LogP contribution is -2.44. The Kier molecular flexibility index (Phi) is 3.51. The minimum atomic E-state index is -1.69. The molecule has 0 aromatic heterocycles. The van der Waals surface area contributed by atoms with Crippen molar-refractivity contribution in [3.05, 3.63) is 33.8 Å². The van der Waals surface area contributed by atoms with Gasteiger partial charge in [-0.3, -0.25) is 0 Å². The fourth-order valence-electron chi connectivity index (χ4n) is 1.89. The van der Waals surface area contributed by atoms with Crippen molar-refractivity contribution in [3.8, 4) is 0 Å². The number of fused-ring (bicyclic) bond motifs is 1. The van der Waals surface area contributed by atoms with Crippen LogP contribution in [0.5, 0.6) is 0 Å². The number of esters is 1. The van der Waals surface area contributed by atoms with Crippen molar-refractivity contribution >= 4 is 21.9 Å². The Hall–Kier alpha value is -0.910. The van der Waals surface area contributed by atoms with E-state index in [-0.39, 0.29) is 13.2 Å². The molecule has 1 aromatic rings. The number of hydrogen-bond acceptors (Lipinski definition) is 4. The molecule has 0 fully saturated rings. The number of ether oxygens (including phenoxy) is 2. The van der Waals surface area contributed by atoms with E-state index in [0.717, 1.165) is 10.0 Å². The largest absolute Gasteiger partial charge is 0.464 e. The van der Waals surface area contributed by atoms with Crippen LogP contribution in [-0.4, -0.2) is 24.3 Å². The molecule has 0 spiro atoms. The van der Waals surface area contributed by atoms with Crippen LogP contribution in [0.25, 0.3) is 0 Å². The van der Waals surface area contributed by atoms with Gasteiger partial charge >= 0.3 is 5.97 Å². The summed E-state index contributed by atoms with van der Waals surface area (Å²) in [5.41, 5.74) is -0.337. The summed E-state index contributed by atoms with van der Waals surface area (Å²) < 4.78 is 11.0. The van der Waals surface area contributed by atoms with Gasteiger partial charge in [-0.15, -0.1) is 0 Å². The fourth-order valence-corrected chi connectivity index (χ4v) is 2.30. The average molecular weight is 301 g/mol. The molecule has 1 heterocycles. The maximum Gasteiger partial charge on any atom is 0.345 e. The molecular weight excluding hydrogens is 288 g/mol. The molecule has 1 aromatic carbocycles. The smallest absolute Gasteiger partial charge is 0.345 e. The van der Waals surface area contributed by atoms with E-state index in [1.54, 1.807) is 19.1 Å². The first-order valence-corrected chi connectivity index (χ1v) is 6.13. The predicted octanol–water partition coefficient (Wildman–Crippen LogP) is 1.73. The number of aliphatic hydroxyl groups is 1. The van der Waals surface area contributed by atoms with Gasteiger partial charge in [-0.1, -0.05) is 22.0 Å². The van der Waals surface area contributed by atoms with Crippen molar-refractivity contribution < 1.29 is 19.4 Å². The minimum Gasteiger partial charge on any atom is -0.464 e. The van der Waals surface area contributed by atoms with E-state index in [0.29, 0.717) is 12.2 Å². The topological polar surface area (TPSA) is 55.8 Å². The quantitative estimate of drug-likeness (QED) is 0.845. The van der Waals surface area contributed by atoms with Crippen molar-refractivity contribution in [1.82, 2.24) is 0 Å². The van der Waals surface area contributed by atoms with Gasteiger partial charge < -0.3 is 14.6 Å². The zero-order valence-corrected chi connectivity index (χ0v) is 11.0. The van der Waals surface area contributed by atoms with Gasteiger partial charge in [0.1, 0.15) is 0 Å². The van der Waals surface area contributed by atoms with Gasteiger partial charge in [-0.25, -0.2) is 4.79 Å². The van der Waals surface area contributed by atoms with Crippen LogP contribution in [0.3, 0.4) is 0 Å². The molecule has 0 unspecified atom stereocenters. The monoisotopic (exact) mass is 300 g/mol. The molecule has 2 rings (SSSR count). The summed E-state index contributed by atoms with van der Waals surface area (Å²) in [6, 6.07) is 5.34. The Morgan fingerprint density at radius 2 is 2.41 bits per heavy atom. The SMILES string of the molecule is CCOC(=O)[C@]1(O)COCc2cc(Br)ccc21. The van der Waals surface area contributed by atoms with Crippen LogP contribution in [0.1, 0.15) is 18.1 Å². The van der Waals surface area contributed by atoms with Gasteiger partial charge in [0.05, 0.1) is 19.8 Å². The molecule has 0 bridgehead atoms. The molecule has 0 radical (unpaired) electrons. The van der Waals surface area contributed by atoms with Gasteiger partial charge in [0.15, 0.2) is 0 Å². The Morgan fingerprint density at radius 3 is 3.12 bits per heavy atom. The summed E-state index contributed by atoms with van der Waals surface area (Å²) in [6.45, 7) is 2.25. The van der Waals surface area contributed by atoms with Gasteiger partial charge in [-0.2, -0.15) is 0 Å². The van der Waals surface area contributed by atoms with E-state index >= 15 is 0 Å². The van der Waals surface area contributed by atoms with Gasteiger partial charge in [0, 0.05) is 10.0 Å². The fraction of sp³-hybridized carbons (Fsp3) is 0.417. The highest BCUT2D eigenvalue weighted by atomic mass is 79.9. The third-order valence-electron chi connectivity index (χ3n) is 2.69. The number of hydrogen-bond donors (Lipinski definition) is 1. The van der Waals surface area contributed by atoms with Crippen LogP contribution >= 0.6 is 15.9 Å². The molecular formula is C12H13BrO4. The number of halogens is 1. The normalized spacial score (nSPS) is 23.0. The summed E-state index contributed by atoms with van der Waals surface area (Å²) in [7, 11) is 0. The summed E-state index contributed by atoms with van der Waals surface area (Å²) in [5.74, 6) is -0.664. The van der Waals surface area contributed by atoms with Crippen molar-refractivity contribution in [2.75, 3.05) is 13.2 Å². The van der Waals surface area contributed by atoms with Gasteiger partial charge in [0.25, 0.3) is 0 Å². The molecule has 0 saturated heterocycles. The van der Waals surface area contributed by atoms with Gasteiger partial charge in [-0.05, 0) is 24.6 Å². The second-order valence-corrected chi connectivity index (χ2v) is 4.79. The lowest BCUT2D eigenvalue weighted by Gasteiger charge is -2.32. The highest BCUT2D eigenvalue weighted by Crippen LogP contribution is 2.33. The molecule has 1 atom stereocenters. The van der Waals surface area contributed by atoms with E-state index in [9.17, 15) is 9.90 Å². The van der Waals surface area contributed by atoms with Crippen LogP contribution in [0.4, 0.5) is 0 Å². The molecule has 0 amide bonds. The third kappa shape index (κ3) is 2.22. The summed E-state index contributed by atoms with van der Waals surface area (Å²) >= 11 is 3.34. The van der Waals surface area contributed by atoms with Crippen LogP contribution in [0.2, 0.25) is 0 Å². The first-order chi connectivity index (χ1) is 8.08. The van der Waals surface area contributed by atoms with E-state index in [1.165, 1.54) is 0 Å². The van der Waals surface area contributed by atoms with E-state index in [1.807, 2.05) is 6.07 Å². The third-order valence-corrected chi connectivity index (χ3v) is 3.19. The predicted molar refractivity (Wildman–Crippen MR) is 64.3 cm³/mol. The molecule has 5 heteroatoms. The molecule has 17 heavy (non-hydrogen) atoms. The number of carbonyl (C=O) groups is 1. The Labute approximate surface area is 108 Å². The van der Waals surface area contributed by atoms with Crippen LogP contribution in [-0.2, 0) is 26.5 Å². The van der Waals surface area contributed by atoms with Crippen LogP contribution < -0.4 is 0 Å². The van der Waals surface area contributed by atoms with Crippen molar-refractivity contribution in [1.29, 1.82) is 0 Å². The van der Waals surface area contributed by atoms with Crippen molar-refractivity contribution in [2.45, 2.75) is 19.1 Å². The van der Waals surface area contributed by atoms with E-state index < -0.39 is 11.6 Å². The van der Waals surface area contributed by atoms with E-state index in [2.05, 4.69) is 15.9 Å². The maximum absolute atomic E-state index is 11.8. The Bertz CT molecular complexity index is 446. The molecule has 92 valence electrons. The Morgan fingerprint density at radius 1 is 1.65 bits per heavy atom. The van der Waals surface area contributed by atoms with Crippen molar-refractivity contribution in [3.63, 3.8) is 0 Å². The summed E-state index contributed by atoms with van der Waals surface area (Å²) in [4.78, 5) is 11.8. The molecule has 1 N–H and O–H groups in total. The standard InChI is InChI=1S/C12H13BrO4/c1-2-17-11(14)12(15)7-16-6-8-5-9(13)3-4-10(8)12/h3-5,15H,2,6-7H2,1H3/t12-/m0/s1. The first kappa shape index (κ1) is 12.5. The zero-order valence-electron chi connectivity index (χ0n) is 9.40. The maximum atomic E-state index is 11.8. The Balaban J connectivity index is 2.43. The second-order valence-electron chi connectivity index (χ2n) is 3.88. The number of rotatable bonds is 2. The average Bonchev–Trinajstić information content (AvgIpc) is 2.29. The minimum absolute atomic E-state index is 0.0690. The van der Waals surface area contributed by atoms with Crippen molar-refractivity contribution in [2.24, 2.45) is 0 Å². The molecule has 0 aliphatic carbocycles. The molecule has 4 nitrogen and oxygen atoms in total.